The highest BCUT2D eigenvalue weighted by Gasteiger charge is 2.45. The van der Waals surface area contributed by atoms with Gasteiger partial charge in [0.2, 0.25) is 11.8 Å². The van der Waals surface area contributed by atoms with Crippen LogP contribution in [0.1, 0.15) is 57.9 Å². The summed E-state index contributed by atoms with van der Waals surface area (Å²) >= 11 is 0. The number of Topliss-reactive ketones (excluding diaryl/α,β-unsaturated/α-hetero) is 1. The average molecular weight is 471 g/mol. The molecule has 2 atom stereocenters. The highest BCUT2D eigenvalue weighted by atomic mass is 16.3. The minimum atomic E-state index is -1.08. The van der Waals surface area contributed by atoms with Crippen molar-refractivity contribution in [3.05, 3.63) is 76.6 Å². The maximum Gasteiger partial charge on any atom is 0.264 e. The number of fused-ring (bicyclic) bond motifs is 1. The molecule has 9 nitrogen and oxygen atoms in total. The van der Waals surface area contributed by atoms with E-state index in [1.54, 1.807) is 6.07 Å². The molecule has 0 spiro atoms. The van der Waals surface area contributed by atoms with Gasteiger partial charge in [0.15, 0.2) is 5.78 Å². The number of allylic oxidation sites excluding steroid dienone is 2. The number of hydrogen-bond donors (Lipinski definition) is 2. The molecule has 35 heavy (non-hydrogen) atoms. The number of rotatable bonds is 4. The first-order chi connectivity index (χ1) is 16.8. The number of carbonyl (C=O) groups excluding carboxylic acids is 5. The molecule has 2 aliphatic heterocycles. The van der Waals surface area contributed by atoms with Gasteiger partial charge in [0.25, 0.3) is 11.8 Å². The Hall–Kier alpha value is -4.40. The molecule has 0 bridgehead atoms. The molecule has 0 saturated carbocycles. The summed E-state index contributed by atoms with van der Waals surface area (Å²) in [6, 6.07) is 12.9. The minimum Gasteiger partial charge on any atom is -0.511 e. The van der Waals surface area contributed by atoms with Crippen molar-refractivity contribution >= 4 is 41.3 Å². The summed E-state index contributed by atoms with van der Waals surface area (Å²) in [7, 11) is 0. The van der Waals surface area contributed by atoms with E-state index >= 15 is 0 Å². The van der Waals surface area contributed by atoms with E-state index in [1.165, 1.54) is 18.3 Å². The van der Waals surface area contributed by atoms with E-state index in [0.717, 1.165) is 10.5 Å². The van der Waals surface area contributed by atoms with E-state index in [0.29, 0.717) is 0 Å². The number of hydrogen-bond acceptors (Lipinski definition) is 7. The topological polar surface area (TPSA) is 133 Å². The van der Waals surface area contributed by atoms with Gasteiger partial charge in [-0.3, -0.25) is 39.2 Å². The van der Waals surface area contributed by atoms with Crippen LogP contribution < -0.4 is 5.32 Å². The zero-order valence-electron chi connectivity index (χ0n) is 18.6. The summed E-state index contributed by atoms with van der Waals surface area (Å²) in [5, 5.41) is 12.7. The molecule has 1 aliphatic carbocycles. The Bertz CT molecular complexity index is 1340. The van der Waals surface area contributed by atoms with Crippen LogP contribution in [0, 0.1) is 0 Å². The first kappa shape index (κ1) is 22.4. The Balaban J connectivity index is 1.42. The lowest BCUT2D eigenvalue weighted by Crippen LogP contribution is -2.54. The third kappa shape index (κ3) is 3.95. The van der Waals surface area contributed by atoms with Crippen LogP contribution >= 0.6 is 0 Å². The first-order valence-electron chi connectivity index (χ1n) is 11.2. The largest absolute Gasteiger partial charge is 0.511 e. The minimum absolute atomic E-state index is 0.0176. The van der Waals surface area contributed by atoms with Crippen molar-refractivity contribution in [2.24, 2.45) is 4.99 Å². The molecule has 176 valence electrons. The Morgan fingerprint density at radius 2 is 1.71 bits per heavy atom. The van der Waals surface area contributed by atoms with Gasteiger partial charge in [-0.15, -0.1) is 0 Å². The fraction of sp³-hybridized carbons (Fsp3) is 0.231. The van der Waals surface area contributed by atoms with Crippen LogP contribution in [0.3, 0.4) is 0 Å². The van der Waals surface area contributed by atoms with Crippen molar-refractivity contribution in [2.45, 2.75) is 37.6 Å². The molecule has 2 N–H and O–H groups in total. The van der Waals surface area contributed by atoms with Crippen LogP contribution in [0.2, 0.25) is 0 Å². The van der Waals surface area contributed by atoms with Crippen molar-refractivity contribution in [1.82, 2.24) is 10.2 Å². The molecule has 2 aromatic rings. The van der Waals surface area contributed by atoms with Gasteiger partial charge in [-0.1, -0.05) is 36.4 Å². The summed E-state index contributed by atoms with van der Waals surface area (Å²) in [6.07, 6.45) is 1.79. The van der Waals surface area contributed by atoms with Gasteiger partial charge in [0, 0.05) is 25.5 Å². The molecule has 3 aliphatic rings. The van der Waals surface area contributed by atoms with Gasteiger partial charge in [-0.2, -0.15) is 0 Å². The molecular weight excluding hydrogens is 450 g/mol. The number of benzene rings is 2. The van der Waals surface area contributed by atoms with Crippen LogP contribution in [-0.4, -0.2) is 51.7 Å². The molecule has 0 radical (unpaired) electrons. The van der Waals surface area contributed by atoms with Crippen LogP contribution in [0.4, 0.5) is 5.69 Å². The van der Waals surface area contributed by atoms with Gasteiger partial charge in [0.05, 0.1) is 22.4 Å². The van der Waals surface area contributed by atoms with Gasteiger partial charge in [-0.25, -0.2) is 0 Å². The zero-order chi connectivity index (χ0) is 24.7. The molecule has 0 aromatic heterocycles. The molecule has 2 unspecified atom stereocenters. The average Bonchev–Trinajstić information content (AvgIpc) is 3.09. The fourth-order valence-electron chi connectivity index (χ4n) is 4.76. The van der Waals surface area contributed by atoms with Gasteiger partial charge < -0.3 is 5.11 Å². The van der Waals surface area contributed by atoms with Gasteiger partial charge in [-0.05, 0) is 30.0 Å². The summed E-state index contributed by atoms with van der Waals surface area (Å²) in [5.74, 6) is -2.97. The second kappa shape index (κ2) is 8.75. The number of amides is 4. The number of imide groups is 2. The fourth-order valence-corrected chi connectivity index (χ4v) is 4.76. The third-order valence-corrected chi connectivity index (χ3v) is 6.53. The maximum atomic E-state index is 13.2. The van der Waals surface area contributed by atoms with Crippen molar-refractivity contribution in [3.63, 3.8) is 0 Å². The lowest BCUT2D eigenvalue weighted by molar-refractivity contribution is -0.136. The van der Waals surface area contributed by atoms with Crippen molar-refractivity contribution < 1.29 is 29.1 Å². The monoisotopic (exact) mass is 471 g/mol. The number of carbonyl (C=O) groups is 5. The molecule has 1 saturated heterocycles. The first-order valence-corrected chi connectivity index (χ1v) is 11.2. The highest BCUT2D eigenvalue weighted by Crippen LogP contribution is 2.35. The summed E-state index contributed by atoms with van der Waals surface area (Å²) in [6.45, 7) is 0. The third-order valence-electron chi connectivity index (χ3n) is 6.53. The molecule has 2 aromatic carbocycles. The predicted molar refractivity (Wildman–Crippen MR) is 124 cm³/mol. The normalized spacial score (nSPS) is 22.7. The highest BCUT2D eigenvalue weighted by molar-refractivity contribution is 6.25. The lowest BCUT2D eigenvalue weighted by atomic mass is 9.83. The van der Waals surface area contributed by atoms with E-state index in [2.05, 4.69) is 10.3 Å². The SMILES string of the molecule is O=C1CCC(N2C(=O)c3cccc(N=CC4=C(O)CC(c5ccccc5)CC4=O)c3C2=O)C(=O)N1. The maximum absolute atomic E-state index is 13.2. The molecule has 4 amide bonds. The van der Waals surface area contributed by atoms with Crippen LogP contribution in [0.15, 0.2) is 64.9 Å². The van der Waals surface area contributed by atoms with Gasteiger partial charge in [0.1, 0.15) is 11.8 Å². The molecule has 2 heterocycles. The second-order valence-corrected chi connectivity index (χ2v) is 8.70. The van der Waals surface area contributed by atoms with Crippen LogP contribution in [0.25, 0.3) is 0 Å². The van der Waals surface area contributed by atoms with Crippen molar-refractivity contribution in [3.8, 4) is 0 Å². The second-order valence-electron chi connectivity index (χ2n) is 8.70. The Morgan fingerprint density at radius 3 is 2.43 bits per heavy atom. The molecule has 5 rings (SSSR count). The smallest absolute Gasteiger partial charge is 0.264 e. The number of aliphatic hydroxyl groups excluding tert-OH is 1. The summed E-state index contributed by atoms with van der Waals surface area (Å²) < 4.78 is 0. The van der Waals surface area contributed by atoms with E-state index in [9.17, 15) is 29.1 Å². The number of nitrogens with zero attached hydrogens (tertiary/aromatic N) is 2. The summed E-state index contributed by atoms with van der Waals surface area (Å²) in [4.78, 5) is 67.8. The number of aliphatic imine (C=N–C) groups is 1. The lowest BCUT2D eigenvalue weighted by Gasteiger charge is -2.27. The molecule has 9 heteroatoms. The standard InChI is InChI=1S/C26H21N3O6/c30-20-11-15(14-5-2-1-3-6-14)12-21(31)17(20)13-27-18-8-4-7-16-23(18)26(35)29(25(16)34)19-9-10-22(32)28-24(19)33/h1-8,13,15,19,30H,9-12H2,(H,28,32,33). The predicted octanol–water partition coefficient (Wildman–Crippen LogP) is 2.75. The van der Waals surface area contributed by atoms with Crippen LogP contribution in [0.5, 0.6) is 0 Å². The number of aliphatic hydroxyl groups is 1. The molecule has 1 fully saturated rings. The Labute approximate surface area is 200 Å². The van der Waals surface area contributed by atoms with Crippen molar-refractivity contribution in [1.29, 1.82) is 0 Å². The van der Waals surface area contributed by atoms with Crippen LogP contribution in [-0.2, 0) is 14.4 Å². The van der Waals surface area contributed by atoms with Crippen molar-refractivity contribution in [2.75, 3.05) is 0 Å². The number of piperidine rings is 1. The summed E-state index contributed by atoms with van der Waals surface area (Å²) in [5.41, 5.74) is 1.28. The molecular formula is C26H21N3O6. The zero-order valence-corrected chi connectivity index (χ0v) is 18.6. The Morgan fingerprint density at radius 1 is 0.943 bits per heavy atom. The van der Waals surface area contributed by atoms with E-state index in [1.807, 2.05) is 30.3 Å². The quantitative estimate of drug-likeness (QED) is 0.520. The van der Waals surface area contributed by atoms with E-state index in [4.69, 9.17) is 0 Å². The van der Waals surface area contributed by atoms with Gasteiger partial charge >= 0.3 is 0 Å². The Kier molecular flexibility index (Phi) is 5.60. The number of nitrogens with one attached hydrogen (secondary N) is 1. The number of ketones is 1. The van der Waals surface area contributed by atoms with E-state index in [-0.39, 0.29) is 65.5 Å². The van der Waals surface area contributed by atoms with E-state index < -0.39 is 29.7 Å².